The van der Waals surface area contributed by atoms with Crippen molar-refractivity contribution in [2.24, 2.45) is 0 Å². The lowest BCUT2D eigenvalue weighted by Crippen LogP contribution is -2.10. The van der Waals surface area contributed by atoms with Crippen LogP contribution in [0.3, 0.4) is 0 Å². The third-order valence-electron chi connectivity index (χ3n) is 3.73. The fraction of sp³-hybridized carbons (Fsp3) is 0.438. The van der Waals surface area contributed by atoms with E-state index in [9.17, 15) is 4.79 Å². The predicted octanol–water partition coefficient (Wildman–Crippen LogP) is 2.97. The molecule has 116 valence electrons. The van der Waals surface area contributed by atoms with Gasteiger partial charge in [-0.1, -0.05) is 12.1 Å². The standard InChI is InChI=1S/C16H19N3O3/c1-2-21-16(20)15-14(17-19-18-15)11-6-5-9-13(10-11)22-12-7-3-4-8-12/h5-6,9-10,12H,2-4,7-8H2,1H3,(H,17,18,19). The smallest absolute Gasteiger partial charge is 0.361 e. The van der Waals surface area contributed by atoms with Crippen LogP contribution >= 0.6 is 0 Å². The number of ether oxygens (including phenoxy) is 2. The summed E-state index contributed by atoms with van der Waals surface area (Å²) >= 11 is 0. The molecule has 1 aliphatic rings. The van der Waals surface area contributed by atoms with E-state index in [1.54, 1.807) is 6.92 Å². The van der Waals surface area contributed by atoms with E-state index in [0.717, 1.165) is 24.2 Å². The van der Waals surface area contributed by atoms with Gasteiger partial charge in [0.05, 0.1) is 12.7 Å². The van der Waals surface area contributed by atoms with E-state index in [4.69, 9.17) is 9.47 Å². The Balaban J connectivity index is 1.83. The molecule has 0 aliphatic heterocycles. The molecule has 1 fully saturated rings. The molecule has 2 aromatic rings. The molecule has 6 heteroatoms. The van der Waals surface area contributed by atoms with Crippen molar-refractivity contribution in [3.63, 3.8) is 0 Å². The maximum Gasteiger partial charge on any atom is 0.361 e. The Morgan fingerprint density at radius 3 is 2.91 bits per heavy atom. The van der Waals surface area contributed by atoms with Crippen molar-refractivity contribution in [1.82, 2.24) is 15.4 Å². The summed E-state index contributed by atoms with van der Waals surface area (Å²) in [7, 11) is 0. The monoisotopic (exact) mass is 301 g/mol. The Hall–Kier alpha value is -2.37. The second-order valence-corrected chi connectivity index (χ2v) is 5.29. The molecule has 6 nitrogen and oxygen atoms in total. The first kappa shape index (κ1) is 14.6. The number of hydrogen-bond donors (Lipinski definition) is 1. The Bertz CT molecular complexity index is 648. The normalized spacial score (nSPS) is 15.0. The molecule has 1 saturated carbocycles. The number of benzene rings is 1. The molecule has 0 unspecified atom stereocenters. The SMILES string of the molecule is CCOC(=O)c1n[nH]nc1-c1cccc(OC2CCCC2)c1. The van der Waals surface area contributed by atoms with Gasteiger partial charge in [0.25, 0.3) is 0 Å². The number of rotatable bonds is 5. The average molecular weight is 301 g/mol. The van der Waals surface area contributed by atoms with Gasteiger partial charge in [0.1, 0.15) is 11.4 Å². The van der Waals surface area contributed by atoms with Gasteiger partial charge in [0.2, 0.25) is 0 Å². The molecule has 1 heterocycles. The lowest BCUT2D eigenvalue weighted by molar-refractivity contribution is 0.0520. The highest BCUT2D eigenvalue weighted by Gasteiger charge is 2.20. The molecule has 3 rings (SSSR count). The van der Waals surface area contributed by atoms with Crippen LogP contribution < -0.4 is 4.74 Å². The van der Waals surface area contributed by atoms with E-state index in [2.05, 4.69) is 15.4 Å². The van der Waals surface area contributed by atoms with Crippen LogP contribution in [0.15, 0.2) is 24.3 Å². The maximum atomic E-state index is 11.9. The van der Waals surface area contributed by atoms with Crippen molar-refractivity contribution in [1.29, 1.82) is 0 Å². The number of carbonyl (C=O) groups excluding carboxylic acids is 1. The van der Waals surface area contributed by atoms with Gasteiger partial charge in [-0.15, -0.1) is 5.10 Å². The zero-order valence-corrected chi connectivity index (χ0v) is 12.5. The minimum Gasteiger partial charge on any atom is -0.490 e. The summed E-state index contributed by atoms with van der Waals surface area (Å²) < 4.78 is 11.0. The Labute approximate surface area is 128 Å². The van der Waals surface area contributed by atoms with E-state index in [0.29, 0.717) is 12.3 Å². The highest BCUT2D eigenvalue weighted by molar-refractivity contribution is 5.93. The van der Waals surface area contributed by atoms with Crippen LogP contribution in [0.5, 0.6) is 5.75 Å². The number of carbonyl (C=O) groups is 1. The molecular formula is C16H19N3O3. The largest absolute Gasteiger partial charge is 0.490 e. The number of nitrogens with one attached hydrogen (secondary N) is 1. The fourth-order valence-corrected chi connectivity index (χ4v) is 2.69. The summed E-state index contributed by atoms with van der Waals surface area (Å²) in [5.74, 6) is 0.315. The first-order valence-corrected chi connectivity index (χ1v) is 7.63. The van der Waals surface area contributed by atoms with Crippen LogP contribution in [0.1, 0.15) is 43.1 Å². The molecule has 0 spiro atoms. The molecule has 0 atom stereocenters. The zero-order chi connectivity index (χ0) is 15.4. The zero-order valence-electron chi connectivity index (χ0n) is 12.5. The van der Waals surface area contributed by atoms with Crippen molar-refractivity contribution < 1.29 is 14.3 Å². The number of H-pyrrole nitrogens is 1. The lowest BCUT2D eigenvalue weighted by Gasteiger charge is -2.13. The van der Waals surface area contributed by atoms with Gasteiger partial charge in [0, 0.05) is 5.56 Å². The van der Waals surface area contributed by atoms with Crippen LogP contribution in [0, 0.1) is 0 Å². The van der Waals surface area contributed by atoms with E-state index < -0.39 is 5.97 Å². The number of nitrogens with zero attached hydrogens (tertiary/aromatic N) is 2. The van der Waals surface area contributed by atoms with Gasteiger partial charge < -0.3 is 9.47 Å². The predicted molar refractivity (Wildman–Crippen MR) is 80.7 cm³/mol. The van der Waals surface area contributed by atoms with Crippen LogP contribution in [0.2, 0.25) is 0 Å². The van der Waals surface area contributed by atoms with E-state index in [1.807, 2.05) is 24.3 Å². The number of aromatic nitrogens is 3. The average Bonchev–Trinajstić information content (AvgIpc) is 3.19. The van der Waals surface area contributed by atoms with Crippen LogP contribution in [0.25, 0.3) is 11.3 Å². The Morgan fingerprint density at radius 1 is 1.32 bits per heavy atom. The molecule has 1 N–H and O–H groups in total. The second kappa shape index (κ2) is 6.60. The summed E-state index contributed by atoms with van der Waals surface area (Å²) in [6, 6.07) is 7.58. The number of hydrogen-bond acceptors (Lipinski definition) is 5. The third-order valence-corrected chi connectivity index (χ3v) is 3.73. The summed E-state index contributed by atoms with van der Waals surface area (Å²) in [5, 5.41) is 10.4. The Morgan fingerprint density at radius 2 is 2.14 bits per heavy atom. The molecule has 0 amide bonds. The van der Waals surface area contributed by atoms with Crippen LogP contribution in [-0.4, -0.2) is 34.1 Å². The molecule has 0 saturated heterocycles. The molecule has 0 bridgehead atoms. The first-order valence-electron chi connectivity index (χ1n) is 7.63. The fourth-order valence-electron chi connectivity index (χ4n) is 2.69. The summed E-state index contributed by atoms with van der Waals surface area (Å²) in [4.78, 5) is 11.9. The molecule has 22 heavy (non-hydrogen) atoms. The molecule has 1 aromatic carbocycles. The minimum atomic E-state index is -0.478. The summed E-state index contributed by atoms with van der Waals surface area (Å²) in [5.41, 5.74) is 1.46. The van der Waals surface area contributed by atoms with Crippen molar-refractivity contribution in [2.45, 2.75) is 38.7 Å². The van der Waals surface area contributed by atoms with Gasteiger partial charge in [0.15, 0.2) is 5.69 Å². The third kappa shape index (κ3) is 3.10. The van der Waals surface area contributed by atoms with Crippen LogP contribution in [-0.2, 0) is 4.74 Å². The van der Waals surface area contributed by atoms with E-state index >= 15 is 0 Å². The molecule has 0 radical (unpaired) electrons. The van der Waals surface area contributed by atoms with Gasteiger partial charge in [-0.2, -0.15) is 10.3 Å². The van der Waals surface area contributed by atoms with E-state index in [-0.39, 0.29) is 11.8 Å². The highest BCUT2D eigenvalue weighted by Crippen LogP contribution is 2.28. The van der Waals surface area contributed by atoms with E-state index in [1.165, 1.54) is 12.8 Å². The van der Waals surface area contributed by atoms with Gasteiger partial charge in [-0.3, -0.25) is 0 Å². The van der Waals surface area contributed by atoms with Gasteiger partial charge >= 0.3 is 5.97 Å². The minimum absolute atomic E-state index is 0.194. The second-order valence-electron chi connectivity index (χ2n) is 5.29. The van der Waals surface area contributed by atoms with Crippen molar-refractivity contribution >= 4 is 5.97 Å². The quantitative estimate of drug-likeness (QED) is 0.859. The molecular weight excluding hydrogens is 282 g/mol. The maximum absolute atomic E-state index is 11.9. The summed E-state index contributed by atoms with van der Waals surface area (Å²) in [6.45, 7) is 2.06. The summed E-state index contributed by atoms with van der Waals surface area (Å²) in [6.07, 6.45) is 4.93. The lowest BCUT2D eigenvalue weighted by atomic mass is 10.1. The van der Waals surface area contributed by atoms with Crippen molar-refractivity contribution in [3.05, 3.63) is 30.0 Å². The van der Waals surface area contributed by atoms with Gasteiger partial charge in [-0.05, 0) is 44.7 Å². The highest BCUT2D eigenvalue weighted by atomic mass is 16.5. The van der Waals surface area contributed by atoms with Crippen molar-refractivity contribution in [2.75, 3.05) is 6.61 Å². The molecule has 1 aromatic heterocycles. The topological polar surface area (TPSA) is 77.1 Å². The van der Waals surface area contributed by atoms with Gasteiger partial charge in [-0.25, -0.2) is 4.79 Å². The number of aromatic amines is 1. The van der Waals surface area contributed by atoms with Crippen molar-refractivity contribution in [3.8, 4) is 17.0 Å². The molecule has 1 aliphatic carbocycles. The first-order chi connectivity index (χ1) is 10.8. The number of esters is 1. The Kier molecular flexibility index (Phi) is 4.37. The van der Waals surface area contributed by atoms with Crippen LogP contribution in [0.4, 0.5) is 0 Å².